The van der Waals surface area contributed by atoms with E-state index in [2.05, 4.69) is 5.32 Å². The maximum atomic E-state index is 12.9. The number of amides is 3. The van der Waals surface area contributed by atoms with Gasteiger partial charge in [-0.3, -0.25) is 4.79 Å². The maximum Gasteiger partial charge on any atom is 0.317 e. The van der Waals surface area contributed by atoms with Crippen LogP contribution >= 0.6 is 0 Å². The van der Waals surface area contributed by atoms with E-state index in [1.807, 2.05) is 70.5 Å². The van der Waals surface area contributed by atoms with Gasteiger partial charge in [0.15, 0.2) is 0 Å². The predicted octanol–water partition coefficient (Wildman–Crippen LogP) is 3.13. The zero-order valence-corrected chi connectivity index (χ0v) is 15.4. The first kappa shape index (κ1) is 17.6. The molecule has 2 unspecified atom stereocenters. The molecule has 5 rings (SSSR count). The van der Waals surface area contributed by atoms with Crippen LogP contribution in [0.15, 0.2) is 60.7 Å². The Labute approximate surface area is 160 Å². The molecular formula is C22H25N3O2. The van der Waals surface area contributed by atoms with Crippen molar-refractivity contribution in [1.82, 2.24) is 15.1 Å². The SMILES string of the molecule is O=C(c1ccccc1)N1CC2CCC(C1)N(C(=O)NCc1ccccc1)C2. The number of nitrogens with zero attached hydrogens (tertiary/aromatic N) is 2. The van der Waals surface area contributed by atoms with Crippen LogP contribution in [0.3, 0.4) is 0 Å². The van der Waals surface area contributed by atoms with Crippen LogP contribution in [0.25, 0.3) is 0 Å². The fourth-order valence-corrected chi connectivity index (χ4v) is 4.13. The number of carbonyl (C=O) groups is 2. The average molecular weight is 363 g/mol. The van der Waals surface area contributed by atoms with Crippen molar-refractivity contribution in [2.45, 2.75) is 25.4 Å². The molecule has 2 aromatic carbocycles. The molecule has 3 aliphatic heterocycles. The summed E-state index contributed by atoms with van der Waals surface area (Å²) in [7, 11) is 0. The minimum Gasteiger partial charge on any atom is -0.336 e. The summed E-state index contributed by atoms with van der Waals surface area (Å²) >= 11 is 0. The second kappa shape index (κ2) is 7.82. The highest BCUT2D eigenvalue weighted by atomic mass is 16.2. The molecular weight excluding hydrogens is 338 g/mol. The molecule has 2 bridgehead atoms. The Balaban J connectivity index is 1.42. The van der Waals surface area contributed by atoms with Crippen molar-refractivity contribution in [2.75, 3.05) is 19.6 Å². The van der Waals surface area contributed by atoms with E-state index in [4.69, 9.17) is 0 Å². The number of nitrogens with one attached hydrogen (secondary N) is 1. The van der Waals surface area contributed by atoms with Gasteiger partial charge in [-0.05, 0) is 36.5 Å². The normalized spacial score (nSPS) is 21.6. The van der Waals surface area contributed by atoms with Crippen LogP contribution in [0, 0.1) is 5.92 Å². The summed E-state index contributed by atoms with van der Waals surface area (Å²) in [5, 5.41) is 3.04. The lowest BCUT2D eigenvalue weighted by atomic mass is 9.95. The minimum absolute atomic E-state index is 0.0254. The van der Waals surface area contributed by atoms with Crippen molar-refractivity contribution in [2.24, 2.45) is 5.92 Å². The fraction of sp³-hybridized carbons (Fsp3) is 0.364. The number of piperidine rings is 1. The molecule has 5 nitrogen and oxygen atoms in total. The van der Waals surface area contributed by atoms with Crippen molar-refractivity contribution in [1.29, 1.82) is 0 Å². The standard InChI is InChI=1S/C22H25N3O2/c26-21(19-9-5-2-6-10-19)24-14-18-11-12-20(16-24)25(15-18)22(27)23-13-17-7-3-1-4-8-17/h1-10,18,20H,11-16H2,(H,23,27). The molecule has 0 saturated carbocycles. The molecule has 5 heteroatoms. The van der Waals surface area contributed by atoms with Gasteiger partial charge < -0.3 is 15.1 Å². The first-order valence-corrected chi connectivity index (χ1v) is 9.63. The average Bonchev–Trinajstić information content (AvgIpc) is 3.05. The van der Waals surface area contributed by atoms with E-state index in [-0.39, 0.29) is 18.0 Å². The maximum absolute atomic E-state index is 12.9. The Morgan fingerprint density at radius 2 is 1.59 bits per heavy atom. The van der Waals surface area contributed by atoms with E-state index in [0.29, 0.717) is 19.0 Å². The molecule has 0 aliphatic carbocycles. The van der Waals surface area contributed by atoms with E-state index in [0.717, 1.165) is 37.1 Å². The lowest BCUT2D eigenvalue weighted by molar-refractivity contribution is 0.0742. The van der Waals surface area contributed by atoms with Crippen molar-refractivity contribution in [3.63, 3.8) is 0 Å². The van der Waals surface area contributed by atoms with Gasteiger partial charge in [0.25, 0.3) is 5.91 Å². The number of urea groups is 1. The highest BCUT2D eigenvalue weighted by Gasteiger charge is 2.38. The fourth-order valence-electron chi connectivity index (χ4n) is 4.13. The molecule has 1 N–H and O–H groups in total. The summed E-state index contributed by atoms with van der Waals surface area (Å²) in [5.41, 5.74) is 1.81. The molecule has 3 aliphatic rings. The van der Waals surface area contributed by atoms with Crippen LogP contribution in [-0.4, -0.2) is 47.4 Å². The monoisotopic (exact) mass is 363 g/mol. The summed E-state index contributed by atoms with van der Waals surface area (Å²) in [6, 6.07) is 19.4. The topological polar surface area (TPSA) is 52.7 Å². The molecule has 2 aromatic rings. The van der Waals surface area contributed by atoms with Gasteiger partial charge in [-0.2, -0.15) is 0 Å². The molecule has 3 amide bonds. The second-order valence-electron chi connectivity index (χ2n) is 7.47. The largest absolute Gasteiger partial charge is 0.336 e. The number of benzene rings is 2. The van der Waals surface area contributed by atoms with Gasteiger partial charge in [-0.15, -0.1) is 0 Å². The quantitative estimate of drug-likeness (QED) is 0.911. The van der Waals surface area contributed by atoms with E-state index in [1.165, 1.54) is 0 Å². The van der Waals surface area contributed by atoms with E-state index in [1.54, 1.807) is 0 Å². The lowest BCUT2D eigenvalue weighted by Gasteiger charge is -2.36. The first-order chi connectivity index (χ1) is 13.2. The van der Waals surface area contributed by atoms with Gasteiger partial charge in [0, 0.05) is 31.7 Å². The molecule has 27 heavy (non-hydrogen) atoms. The zero-order valence-electron chi connectivity index (χ0n) is 15.4. The summed E-state index contributed by atoms with van der Waals surface area (Å²) in [6.45, 7) is 2.60. The molecule has 3 heterocycles. The van der Waals surface area contributed by atoms with Gasteiger partial charge >= 0.3 is 6.03 Å². The Kier molecular flexibility index (Phi) is 5.10. The third-order valence-corrected chi connectivity index (χ3v) is 5.57. The van der Waals surface area contributed by atoms with Crippen molar-refractivity contribution in [3.05, 3.63) is 71.8 Å². The molecule has 0 radical (unpaired) electrons. The van der Waals surface area contributed by atoms with Crippen molar-refractivity contribution < 1.29 is 9.59 Å². The van der Waals surface area contributed by atoms with E-state index < -0.39 is 0 Å². The molecule has 0 aromatic heterocycles. The Bertz CT molecular complexity index is 794. The van der Waals surface area contributed by atoms with Crippen LogP contribution in [0.2, 0.25) is 0 Å². The summed E-state index contributed by atoms with van der Waals surface area (Å²) in [6.07, 6.45) is 2.04. The van der Waals surface area contributed by atoms with Crippen LogP contribution in [0.5, 0.6) is 0 Å². The highest BCUT2D eigenvalue weighted by molar-refractivity contribution is 5.94. The highest BCUT2D eigenvalue weighted by Crippen LogP contribution is 2.28. The van der Waals surface area contributed by atoms with E-state index in [9.17, 15) is 9.59 Å². The number of hydrogen-bond donors (Lipinski definition) is 1. The number of carbonyl (C=O) groups excluding carboxylic acids is 2. The van der Waals surface area contributed by atoms with Crippen molar-refractivity contribution in [3.8, 4) is 0 Å². The van der Waals surface area contributed by atoms with Crippen LogP contribution in [-0.2, 0) is 6.54 Å². The molecule has 3 saturated heterocycles. The third kappa shape index (κ3) is 3.97. The van der Waals surface area contributed by atoms with Crippen LogP contribution < -0.4 is 5.32 Å². The van der Waals surface area contributed by atoms with Gasteiger partial charge in [0.05, 0.1) is 6.04 Å². The molecule has 0 spiro atoms. The molecule has 3 fully saturated rings. The Hall–Kier alpha value is -2.82. The summed E-state index contributed by atoms with van der Waals surface area (Å²) < 4.78 is 0. The number of fused-ring (bicyclic) bond motifs is 4. The second-order valence-corrected chi connectivity index (χ2v) is 7.47. The van der Waals surface area contributed by atoms with Crippen LogP contribution in [0.1, 0.15) is 28.8 Å². The number of rotatable bonds is 3. The van der Waals surface area contributed by atoms with Gasteiger partial charge in [-0.25, -0.2) is 4.79 Å². The zero-order chi connectivity index (χ0) is 18.6. The van der Waals surface area contributed by atoms with Crippen LogP contribution in [0.4, 0.5) is 4.79 Å². The molecule has 140 valence electrons. The first-order valence-electron chi connectivity index (χ1n) is 9.63. The van der Waals surface area contributed by atoms with Gasteiger partial charge in [-0.1, -0.05) is 48.5 Å². The predicted molar refractivity (Wildman–Crippen MR) is 104 cm³/mol. The van der Waals surface area contributed by atoms with E-state index >= 15 is 0 Å². The van der Waals surface area contributed by atoms with Crippen molar-refractivity contribution >= 4 is 11.9 Å². The summed E-state index contributed by atoms with van der Waals surface area (Å²) in [5.74, 6) is 0.415. The van der Waals surface area contributed by atoms with Gasteiger partial charge in [0.1, 0.15) is 0 Å². The smallest absolute Gasteiger partial charge is 0.317 e. The number of hydrogen-bond acceptors (Lipinski definition) is 2. The van der Waals surface area contributed by atoms with Gasteiger partial charge in [0.2, 0.25) is 0 Å². The summed E-state index contributed by atoms with van der Waals surface area (Å²) in [4.78, 5) is 29.5. The minimum atomic E-state index is -0.0254. The Morgan fingerprint density at radius 3 is 2.33 bits per heavy atom. The molecule has 2 atom stereocenters. The lowest BCUT2D eigenvalue weighted by Crippen LogP contribution is -2.51. The Morgan fingerprint density at radius 1 is 0.889 bits per heavy atom. The third-order valence-electron chi connectivity index (χ3n) is 5.57.